The second-order valence-corrected chi connectivity index (χ2v) is 11.3. The number of amides is 2. The molecule has 0 aliphatic rings. The van der Waals surface area contributed by atoms with Gasteiger partial charge in [-0.1, -0.05) is 46.9 Å². The lowest BCUT2D eigenvalue weighted by Crippen LogP contribution is -2.52. The van der Waals surface area contributed by atoms with Gasteiger partial charge in [0.25, 0.3) is 0 Å². The van der Waals surface area contributed by atoms with Gasteiger partial charge in [-0.2, -0.15) is 0 Å². The molecule has 2 aromatic rings. The minimum absolute atomic E-state index is 0.00229. The molecule has 0 aliphatic heterocycles. The Kier molecular flexibility index (Phi) is 10.1. The number of halogens is 3. The van der Waals surface area contributed by atoms with Crippen molar-refractivity contribution in [2.75, 3.05) is 24.2 Å². The first kappa shape index (κ1) is 29.0. The minimum atomic E-state index is -3.97. The second-order valence-electron chi connectivity index (χ2n) is 8.20. The summed E-state index contributed by atoms with van der Waals surface area (Å²) in [5, 5.41) is 3.00. The first-order chi connectivity index (χ1) is 16.2. The first-order valence-corrected chi connectivity index (χ1v) is 13.6. The fourth-order valence-corrected chi connectivity index (χ4v) is 4.80. The molecule has 0 aromatic heterocycles. The summed E-state index contributed by atoms with van der Waals surface area (Å²) in [6, 6.07) is 8.55. The van der Waals surface area contributed by atoms with Crippen LogP contribution >= 0.6 is 34.8 Å². The summed E-state index contributed by atoms with van der Waals surface area (Å²) in [5.74, 6) is -0.420. The van der Waals surface area contributed by atoms with Crippen LogP contribution in [0.3, 0.4) is 0 Å². The highest BCUT2D eigenvalue weighted by atomic mass is 35.5. The number of anilines is 1. The lowest BCUT2D eigenvalue weighted by molar-refractivity contribution is -0.139. The van der Waals surface area contributed by atoms with E-state index >= 15 is 0 Å². The van der Waals surface area contributed by atoms with Crippen LogP contribution in [-0.4, -0.2) is 57.1 Å². The molecule has 192 valence electrons. The summed E-state index contributed by atoms with van der Waals surface area (Å²) >= 11 is 18.3. The SMILES string of the molecule is COc1cccc(CN(C(=O)CN(c2cc(Cl)c(Cl)cc2Cl)S(C)(=O)=O)[C@@H](C)C(=O)NC(C)C)c1. The molecular formula is C23H28Cl3N3O5S. The van der Waals surface area contributed by atoms with Gasteiger partial charge in [-0.05, 0) is 50.6 Å². The number of nitrogens with one attached hydrogen (secondary N) is 1. The van der Waals surface area contributed by atoms with E-state index in [0.29, 0.717) is 11.3 Å². The Bertz CT molecular complexity index is 1190. The number of hydrogen-bond donors (Lipinski definition) is 1. The van der Waals surface area contributed by atoms with Gasteiger partial charge >= 0.3 is 0 Å². The topological polar surface area (TPSA) is 96.0 Å². The zero-order valence-electron chi connectivity index (χ0n) is 20.0. The quantitative estimate of drug-likeness (QED) is 0.433. The largest absolute Gasteiger partial charge is 0.497 e. The van der Waals surface area contributed by atoms with Gasteiger partial charge in [0.2, 0.25) is 21.8 Å². The number of carbonyl (C=O) groups is 2. The third kappa shape index (κ3) is 7.90. The first-order valence-electron chi connectivity index (χ1n) is 10.6. The highest BCUT2D eigenvalue weighted by molar-refractivity contribution is 7.92. The molecule has 0 saturated carbocycles. The third-order valence-corrected chi connectivity index (χ3v) is 7.17. The summed E-state index contributed by atoms with van der Waals surface area (Å²) in [5.41, 5.74) is 0.693. The van der Waals surface area contributed by atoms with Crippen LogP contribution in [0.5, 0.6) is 5.75 Å². The average Bonchev–Trinajstić information content (AvgIpc) is 2.76. The second kappa shape index (κ2) is 12.2. The van der Waals surface area contributed by atoms with Crippen LogP contribution in [-0.2, 0) is 26.2 Å². The van der Waals surface area contributed by atoms with Gasteiger partial charge < -0.3 is 15.0 Å². The zero-order valence-corrected chi connectivity index (χ0v) is 23.1. The molecule has 0 unspecified atom stereocenters. The number of ether oxygens (including phenoxy) is 1. The highest BCUT2D eigenvalue weighted by Crippen LogP contribution is 2.35. The fourth-order valence-electron chi connectivity index (χ4n) is 3.25. The summed E-state index contributed by atoms with van der Waals surface area (Å²) in [4.78, 5) is 27.6. The van der Waals surface area contributed by atoms with Crippen molar-refractivity contribution in [3.05, 3.63) is 57.0 Å². The molecule has 0 aliphatic carbocycles. The summed E-state index contributed by atoms with van der Waals surface area (Å²) < 4.78 is 31.4. The van der Waals surface area contributed by atoms with Crippen LogP contribution in [0.2, 0.25) is 15.1 Å². The van der Waals surface area contributed by atoms with Crippen molar-refractivity contribution in [1.29, 1.82) is 0 Å². The van der Waals surface area contributed by atoms with Crippen LogP contribution in [0.1, 0.15) is 26.3 Å². The number of rotatable bonds is 10. The van der Waals surface area contributed by atoms with Crippen LogP contribution in [0.15, 0.2) is 36.4 Å². The predicted molar refractivity (Wildman–Crippen MR) is 140 cm³/mol. The number of methoxy groups -OCH3 is 1. The Hall–Kier alpha value is -2.20. The van der Waals surface area contributed by atoms with Crippen molar-refractivity contribution in [2.24, 2.45) is 0 Å². The van der Waals surface area contributed by atoms with Gasteiger partial charge in [0.15, 0.2) is 0 Å². The Morgan fingerprint density at radius 2 is 1.66 bits per heavy atom. The van der Waals surface area contributed by atoms with E-state index in [1.165, 1.54) is 24.1 Å². The van der Waals surface area contributed by atoms with E-state index in [4.69, 9.17) is 39.5 Å². The Morgan fingerprint density at radius 3 is 2.23 bits per heavy atom. The van der Waals surface area contributed by atoms with E-state index in [1.807, 2.05) is 0 Å². The molecule has 8 nitrogen and oxygen atoms in total. The lowest BCUT2D eigenvalue weighted by atomic mass is 10.1. The maximum absolute atomic E-state index is 13.5. The third-order valence-electron chi connectivity index (χ3n) is 5.02. The zero-order chi connectivity index (χ0) is 26.5. The van der Waals surface area contributed by atoms with Gasteiger partial charge in [0.05, 0.1) is 34.1 Å². The van der Waals surface area contributed by atoms with Crippen molar-refractivity contribution < 1.29 is 22.7 Å². The summed E-state index contributed by atoms with van der Waals surface area (Å²) in [6.45, 7) is 4.61. The molecule has 0 radical (unpaired) electrons. The molecule has 0 saturated heterocycles. The fraction of sp³-hybridized carbons (Fsp3) is 0.391. The smallest absolute Gasteiger partial charge is 0.244 e. The molecule has 12 heteroatoms. The number of sulfonamides is 1. The van der Waals surface area contributed by atoms with E-state index in [0.717, 1.165) is 10.6 Å². The lowest BCUT2D eigenvalue weighted by Gasteiger charge is -2.32. The van der Waals surface area contributed by atoms with E-state index in [2.05, 4.69) is 5.32 Å². The maximum Gasteiger partial charge on any atom is 0.244 e. The molecular weight excluding hydrogens is 537 g/mol. The summed E-state index contributed by atoms with van der Waals surface area (Å²) in [6.07, 6.45) is 0.945. The average molecular weight is 565 g/mol. The van der Waals surface area contributed by atoms with Crippen molar-refractivity contribution in [3.63, 3.8) is 0 Å². The van der Waals surface area contributed by atoms with Crippen molar-refractivity contribution >= 4 is 62.3 Å². The standard InChI is InChI=1S/C23H28Cl3N3O5S/c1-14(2)27-23(31)15(3)28(12-16-7-6-8-17(9-16)34-4)22(30)13-29(35(5,32)33)21-11-19(25)18(24)10-20(21)26/h6-11,14-15H,12-13H2,1-5H3,(H,27,31)/t15-/m0/s1. The van der Waals surface area contributed by atoms with Crippen LogP contribution in [0, 0.1) is 0 Å². The highest BCUT2D eigenvalue weighted by Gasteiger charge is 2.31. The van der Waals surface area contributed by atoms with Crippen molar-refractivity contribution in [1.82, 2.24) is 10.2 Å². The molecule has 2 rings (SSSR count). The van der Waals surface area contributed by atoms with E-state index < -0.39 is 28.5 Å². The molecule has 1 N–H and O–H groups in total. The van der Waals surface area contributed by atoms with Gasteiger partial charge in [0, 0.05) is 12.6 Å². The van der Waals surface area contributed by atoms with Crippen molar-refractivity contribution in [3.8, 4) is 5.75 Å². The van der Waals surface area contributed by atoms with Gasteiger partial charge in [0.1, 0.15) is 18.3 Å². The molecule has 2 aromatic carbocycles. The van der Waals surface area contributed by atoms with Crippen LogP contribution in [0.4, 0.5) is 5.69 Å². The van der Waals surface area contributed by atoms with E-state index in [-0.39, 0.29) is 39.2 Å². The number of benzene rings is 2. The number of hydrogen-bond acceptors (Lipinski definition) is 5. The van der Waals surface area contributed by atoms with Crippen molar-refractivity contribution in [2.45, 2.75) is 39.4 Å². The van der Waals surface area contributed by atoms with E-state index in [1.54, 1.807) is 45.0 Å². The number of carbonyl (C=O) groups excluding carboxylic acids is 2. The monoisotopic (exact) mass is 563 g/mol. The molecule has 0 spiro atoms. The van der Waals surface area contributed by atoms with Crippen LogP contribution in [0.25, 0.3) is 0 Å². The Labute approximate surface area is 221 Å². The molecule has 0 fully saturated rings. The minimum Gasteiger partial charge on any atom is -0.497 e. The predicted octanol–water partition coefficient (Wildman–Crippen LogP) is 4.36. The normalized spacial score (nSPS) is 12.3. The molecule has 0 bridgehead atoms. The van der Waals surface area contributed by atoms with Crippen LogP contribution < -0.4 is 14.4 Å². The molecule has 0 heterocycles. The van der Waals surface area contributed by atoms with Gasteiger partial charge in [-0.15, -0.1) is 0 Å². The number of nitrogens with zero attached hydrogens (tertiary/aromatic N) is 2. The van der Waals surface area contributed by atoms with Gasteiger partial charge in [-0.3, -0.25) is 13.9 Å². The Balaban J connectivity index is 2.47. The maximum atomic E-state index is 13.5. The van der Waals surface area contributed by atoms with Gasteiger partial charge in [-0.25, -0.2) is 8.42 Å². The Morgan fingerprint density at radius 1 is 1.03 bits per heavy atom. The molecule has 35 heavy (non-hydrogen) atoms. The van der Waals surface area contributed by atoms with E-state index in [9.17, 15) is 18.0 Å². The summed E-state index contributed by atoms with van der Waals surface area (Å²) in [7, 11) is -2.45. The molecule has 1 atom stereocenters. The molecule has 2 amide bonds.